The van der Waals surface area contributed by atoms with E-state index in [-0.39, 0.29) is 18.4 Å². The molecule has 0 aliphatic carbocycles. The second-order valence-corrected chi connectivity index (χ2v) is 4.61. The number of amides is 2. The molecule has 0 bridgehead atoms. The van der Waals surface area contributed by atoms with Crippen molar-refractivity contribution in [3.63, 3.8) is 0 Å². The van der Waals surface area contributed by atoms with Crippen molar-refractivity contribution in [3.05, 3.63) is 65.2 Å². The first-order chi connectivity index (χ1) is 10.2. The number of carbonyl (C=O) groups excluding carboxylic acids is 3. The predicted octanol–water partition coefficient (Wildman–Crippen LogP) is 2.45. The number of benzene rings is 2. The Morgan fingerprint density at radius 3 is 2.00 bits per heavy atom. The third kappa shape index (κ3) is 2.26. The molecule has 0 spiro atoms. The highest BCUT2D eigenvalue weighted by Crippen LogP contribution is 2.24. The summed E-state index contributed by atoms with van der Waals surface area (Å²) in [6, 6.07) is 13.5. The number of isocyanates is 1. The average molecular weight is 278 g/mol. The minimum absolute atomic E-state index is 0.192. The summed E-state index contributed by atoms with van der Waals surface area (Å²) in [6.07, 6.45) is 1.46. The number of rotatable bonds is 3. The molecule has 0 aromatic heterocycles. The fourth-order valence-corrected chi connectivity index (χ4v) is 2.29. The zero-order valence-electron chi connectivity index (χ0n) is 10.9. The van der Waals surface area contributed by atoms with Crippen LogP contribution in [0.4, 0.5) is 5.69 Å². The topological polar surface area (TPSA) is 66.8 Å². The van der Waals surface area contributed by atoms with Crippen molar-refractivity contribution in [2.24, 2.45) is 4.99 Å². The maximum atomic E-state index is 12.2. The van der Waals surface area contributed by atoms with Gasteiger partial charge in [-0.1, -0.05) is 24.3 Å². The zero-order valence-corrected chi connectivity index (χ0v) is 10.9. The molecule has 1 heterocycles. The molecule has 0 saturated heterocycles. The summed E-state index contributed by atoms with van der Waals surface area (Å²) in [5.41, 5.74) is 2.14. The number of hydrogen-bond acceptors (Lipinski definition) is 4. The van der Waals surface area contributed by atoms with Gasteiger partial charge < -0.3 is 0 Å². The molecule has 102 valence electrons. The van der Waals surface area contributed by atoms with E-state index in [1.54, 1.807) is 48.5 Å². The summed E-state index contributed by atoms with van der Waals surface area (Å²) in [7, 11) is 0. The molecule has 2 aromatic carbocycles. The average Bonchev–Trinajstić information content (AvgIpc) is 2.75. The standard InChI is InChI=1S/C16H10N2O3/c19-10-17-12-7-5-11(6-8-12)9-18-15(20)13-3-1-2-4-14(13)16(18)21/h1-8H,9H2. The third-order valence-corrected chi connectivity index (χ3v) is 3.33. The molecule has 2 amide bonds. The van der Waals surface area contributed by atoms with Crippen LogP contribution in [0.25, 0.3) is 0 Å². The lowest BCUT2D eigenvalue weighted by atomic mass is 10.1. The van der Waals surface area contributed by atoms with E-state index in [4.69, 9.17) is 0 Å². The molecule has 1 aliphatic rings. The maximum absolute atomic E-state index is 12.2. The van der Waals surface area contributed by atoms with Gasteiger partial charge in [0.25, 0.3) is 11.8 Å². The Labute approximate surface area is 120 Å². The van der Waals surface area contributed by atoms with E-state index < -0.39 is 0 Å². The number of aliphatic imine (C=N–C) groups is 1. The first kappa shape index (κ1) is 13.0. The van der Waals surface area contributed by atoms with E-state index >= 15 is 0 Å². The van der Waals surface area contributed by atoms with Crippen LogP contribution in [0.1, 0.15) is 26.3 Å². The van der Waals surface area contributed by atoms with Gasteiger partial charge in [-0.2, -0.15) is 4.99 Å². The number of carbonyl (C=O) groups is 2. The molecule has 0 unspecified atom stereocenters. The predicted molar refractivity (Wildman–Crippen MR) is 74.9 cm³/mol. The molecule has 21 heavy (non-hydrogen) atoms. The summed E-state index contributed by atoms with van der Waals surface area (Å²) in [4.78, 5) is 39.3. The van der Waals surface area contributed by atoms with E-state index in [0.29, 0.717) is 16.8 Å². The Balaban J connectivity index is 1.85. The number of fused-ring (bicyclic) bond motifs is 1. The Morgan fingerprint density at radius 2 is 1.48 bits per heavy atom. The Kier molecular flexibility index (Phi) is 3.18. The number of hydrogen-bond donors (Lipinski definition) is 0. The largest absolute Gasteiger partial charge is 0.270 e. The highest BCUT2D eigenvalue weighted by atomic mass is 16.2. The summed E-state index contributed by atoms with van der Waals surface area (Å²) in [5.74, 6) is -0.573. The van der Waals surface area contributed by atoms with Crippen molar-refractivity contribution in [3.8, 4) is 0 Å². The molecule has 1 aliphatic heterocycles. The van der Waals surface area contributed by atoms with E-state index in [0.717, 1.165) is 5.56 Å². The van der Waals surface area contributed by atoms with Gasteiger partial charge in [0, 0.05) is 0 Å². The third-order valence-electron chi connectivity index (χ3n) is 3.33. The minimum atomic E-state index is -0.286. The van der Waals surface area contributed by atoms with Gasteiger partial charge in [-0.15, -0.1) is 0 Å². The van der Waals surface area contributed by atoms with E-state index in [9.17, 15) is 14.4 Å². The quantitative estimate of drug-likeness (QED) is 0.492. The molecule has 3 rings (SSSR count). The number of imide groups is 1. The highest BCUT2D eigenvalue weighted by molar-refractivity contribution is 6.21. The van der Waals surface area contributed by atoms with Gasteiger partial charge in [-0.25, -0.2) is 4.79 Å². The molecule has 5 nitrogen and oxygen atoms in total. The van der Waals surface area contributed by atoms with Crippen LogP contribution in [0.5, 0.6) is 0 Å². The minimum Gasteiger partial charge on any atom is -0.270 e. The van der Waals surface area contributed by atoms with Crippen LogP contribution in [-0.4, -0.2) is 22.8 Å². The summed E-state index contributed by atoms with van der Waals surface area (Å²) in [5, 5.41) is 0. The van der Waals surface area contributed by atoms with Gasteiger partial charge in [-0.05, 0) is 29.8 Å². The summed E-state index contributed by atoms with van der Waals surface area (Å²) < 4.78 is 0. The van der Waals surface area contributed by atoms with E-state index in [1.165, 1.54) is 11.0 Å². The molecule has 5 heteroatoms. The maximum Gasteiger partial charge on any atom is 0.261 e. The van der Waals surface area contributed by atoms with Crippen LogP contribution in [-0.2, 0) is 11.3 Å². The monoisotopic (exact) mass is 278 g/mol. The van der Waals surface area contributed by atoms with Gasteiger partial charge in [0.05, 0.1) is 23.4 Å². The molecule has 0 atom stereocenters. The first-order valence-electron chi connectivity index (χ1n) is 6.33. The van der Waals surface area contributed by atoms with Crippen LogP contribution in [0, 0.1) is 0 Å². The van der Waals surface area contributed by atoms with Gasteiger partial charge in [0.1, 0.15) is 0 Å². The first-order valence-corrected chi connectivity index (χ1v) is 6.33. The SMILES string of the molecule is O=C=Nc1ccc(CN2C(=O)c3ccccc3C2=O)cc1. The van der Waals surface area contributed by atoms with Crippen molar-refractivity contribution >= 4 is 23.6 Å². The second kappa shape index (κ2) is 5.15. The Bertz CT molecular complexity index is 739. The zero-order chi connectivity index (χ0) is 14.8. The van der Waals surface area contributed by atoms with Crippen LogP contribution < -0.4 is 0 Å². The van der Waals surface area contributed by atoms with Crippen molar-refractivity contribution < 1.29 is 14.4 Å². The van der Waals surface area contributed by atoms with Crippen molar-refractivity contribution in [1.29, 1.82) is 0 Å². The molecule has 0 saturated carbocycles. The van der Waals surface area contributed by atoms with Gasteiger partial charge in [0.15, 0.2) is 0 Å². The molecular weight excluding hydrogens is 268 g/mol. The summed E-state index contributed by atoms with van der Waals surface area (Å²) in [6.45, 7) is 0.192. The molecule has 2 aromatic rings. The highest BCUT2D eigenvalue weighted by Gasteiger charge is 2.34. The van der Waals surface area contributed by atoms with Gasteiger partial charge in [0.2, 0.25) is 6.08 Å². The molecule has 0 fully saturated rings. The Hall–Kier alpha value is -3.04. The van der Waals surface area contributed by atoms with Gasteiger partial charge in [-0.3, -0.25) is 14.5 Å². The van der Waals surface area contributed by atoms with Crippen LogP contribution in [0.15, 0.2) is 53.5 Å². The van der Waals surface area contributed by atoms with Crippen molar-refractivity contribution in [2.45, 2.75) is 6.54 Å². The van der Waals surface area contributed by atoms with Crippen molar-refractivity contribution in [1.82, 2.24) is 4.90 Å². The Morgan fingerprint density at radius 1 is 0.905 bits per heavy atom. The van der Waals surface area contributed by atoms with Crippen LogP contribution in [0.2, 0.25) is 0 Å². The smallest absolute Gasteiger partial charge is 0.261 e. The van der Waals surface area contributed by atoms with Crippen LogP contribution >= 0.6 is 0 Å². The summed E-state index contributed by atoms with van der Waals surface area (Å²) >= 11 is 0. The lowest BCUT2D eigenvalue weighted by Gasteiger charge is -2.13. The molecular formula is C16H10N2O3. The van der Waals surface area contributed by atoms with E-state index in [2.05, 4.69) is 4.99 Å². The second-order valence-electron chi connectivity index (χ2n) is 4.61. The fraction of sp³-hybridized carbons (Fsp3) is 0.0625. The molecule has 0 radical (unpaired) electrons. The lowest BCUT2D eigenvalue weighted by Crippen LogP contribution is -2.29. The fourth-order valence-electron chi connectivity index (χ4n) is 2.29. The van der Waals surface area contributed by atoms with Gasteiger partial charge >= 0.3 is 0 Å². The normalized spacial score (nSPS) is 13.0. The van der Waals surface area contributed by atoms with E-state index in [1.807, 2.05) is 0 Å². The molecule has 0 N–H and O–H groups in total. The lowest BCUT2D eigenvalue weighted by molar-refractivity contribution is 0.0642. The van der Waals surface area contributed by atoms with Crippen molar-refractivity contribution in [2.75, 3.05) is 0 Å². The number of nitrogens with zero attached hydrogens (tertiary/aromatic N) is 2. The van der Waals surface area contributed by atoms with Crippen LogP contribution in [0.3, 0.4) is 0 Å².